The molecule has 2 aliphatic carbocycles. The van der Waals surface area contributed by atoms with Crippen molar-refractivity contribution in [2.45, 2.75) is 38.1 Å². The SMILES string of the molecule is O=C(NC(c1ccc(Cl)cc1)C1CC1)C1CC12CCNCC2. The molecule has 118 valence electrons. The molecule has 1 amide bonds. The summed E-state index contributed by atoms with van der Waals surface area (Å²) in [6, 6.07) is 8.12. The molecule has 1 heterocycles. The normalized spacial score (nSPS) is 27.4. The number of halogens is 1. The molecule has 1 aromatic carbocycles. The predicted octanol–water partition coefficient (Wildman–Crippen LogP) is 3.30. The molecule has 1 aliphatic heterocycles. The molecule has 0 aromatic heterocycles. The molecule has 2 unspecified atom stereocenters. The summed E-state index contributed by atoms with van der Waals surface area (Å²) < 4.78 is 0. The molecule has 22 heavy (non-hydrogen) atoms. The number of amides is 1. The van der Waals surface area contributed by atoms with E-state index in [-0.39, 0.29) is 17.9 Å². The largest absolute Gasteiger partial charge is 0.349 e. The first-order valence-electron chi connectivity index (χ1n) is 8.45. The van der Waals surface area contributed by atoms with Crippen LogP contribution in [0.1, 0.15) is 43.7 Å². The Morgan fingerprint density at radius 1 is 1.23 bits per heavy atom. The number of hydrogen-bond acceptors (Lipinski definition) is 2. The molecule has 3 nitrogen and oxygen atoms in total. The van der Waals surface area contributed by atoms with E-state index in [4.69, 9.17) is 11.6 Å². The van der Waals surface area contributed by atoms with Crippen LogP contribution in [0.3, 0.4) is 0 Å². The maximum atomic E-state index is 12.7. The minimum absolute atomic E-state index is 0.170. The zero-order chi connectivity index (χ0) is 15.2. The first-order valence-corrected chi connectivity index (χ1v) is 8.82. The lowest BCUT2D eigenvalue weighted by Crippen LogP contribution is -2.35. The summed E-state index contributed by atoms with van der Waals surface area (Å²) in [5.41, 5.74) is 1.50. The lowest BCUT2D eigenvalue weighted by Gasteiger charge is -2.24. The summed E-state index contributed by atoms with van der Waals surface area (Å²) in [5, 5.41) is 7.49. The fraction of sp³-hybridized carbons (Fsp3) is 0.611. The van der Waals surface area contributed by atoms with E-state index in [0.29, 0.717) is 11.3 Å². The third-order valence-electron chi connectivity index (χ3n) is 5.73. The van der Waals surface area contributed by atoms with Crippen molar-refractivity contribution in [3.05, 3.63) is 34.9 Å². The molecule has 3 aliphatic rings. The van der Waals surface area contributed by atoms with E-state index in [1.807, 2.05) is 12.1 Å². The van der Waals surface area contributed by atoms with Crippen LogP contribution in [0.25, 0.3) is 0 Å². The van der Waals surface area contributed by atoms with Crippen LogP contribution in [-0.2, 0) is 4.79 Å². The standard InChI is InChI=1S/C18H23ClN2O/c19-14-5-3-13(4-6-14)16(12-1-2-12)21-17(22)15-11-18(15)7-9-20-10-8-18/h3-6,12,15-16,20H,1-2,7-11H2,(H,21,22). The van der Waals surface area contributed by atoms with Crippen molar-refractivity contribution < 1.29 is 4.79 Å². The molecule has 2 N–H and O–H groups in total. The minimum Gasteiger partial charge on any atom is -0.349 e. The summed E-state index contributed by atoms with van der Waals surface area (Å²) >= 11 is 5.98. The van der Waals surface area contributed by atoms with E-state index in [1.165, 1.54) is 18.4 Å². The van der Waals surface area contributed by atoms with Gasteiger partial charge in [0, 0.05) is 10.9 Å². The second-order valence-electron chi connectivity index (χ2n) is 7.24. The van der Waals surface area contributed by atoms with Gasteiger partial charge in [0.1, 0.15) is 0 Å². The Hall–Kier alpha value is -1.06. The number of carbonyl (C=O) groups excluding carboxylic acids is 1. The van der Waals surface area contributed by atoms with Crippen LogP contribution < -0.4 is 10.6 Å². The molecule has 1 spiro atoms. The second kappa shape index (κ2) is 5.54. The summed E-state index contributed by atoms with van der Waals surface area (Å²) in [5.74, 6) is 1.12. The van der Waals surface area contributed by atoms with E-state index in [2.05, 4.69) is 22.8 Å². The van der Waals surface area contributed by atoms with Crippen molar-refractivity contribution in [1.29, 1.82) is 0 Å². The maximum Gasteiger partial charge on any atom is 0.224 e. The van der Waals surface area contributed by atoms with Gasteiger partial charge in [-0.3, -0.25) is 4.79 Å². The lowest BCUT2D eigenvalue weighted by atomic mass is 9.91. The van der Waals surface area contributed by atoms with E-state index in [1.54, 1.807) is 0 Å². The molecule has 1 saturated heterocycles. The van der Waals surface area contributed by atoms with Crippen LogP contribution in [-0.4, -0.2) is 19.0 Å². The van der Waals surface area contributed by atoms with Gasteiger partial charge in [-0.15, -0.1) is 0 Å². The Morgan fingerprint density at radius 3 is 2.55 bits per heavy atom. The Bertz CT molecular complexity index is 561. The molecule has 3 fully saturated rings. The average Bonchev–Trinajstić information content (AvgIpc) is 3.44. The van der Waals surface area contributed by atoms with Crippen LogP contribution in [0, 0.1) is 17.3 Å². The van der Waals surface area contributed by atoms with Crippen LogP contribution in [0.2, 0.25) is 5.02 Å². The summed E-state index contributed by atoms with van der Waals surface area (Å²) in [6.45, 7) is 2.13. The molecule has 1 aromatic rings. The number of hydrogen-bond donors (Lipinski definition) is 2. The van der Waals surface area contributed by atoms with Crippen LogP contribution in [0.5, 0.6) is 0 Å². The Balaban J connectivity index is 1.44. The fourth-order valence-corrected chi connectivity index (χ4v) is 4.15. The Morgan fingerprint density at radius 2 is 1.91 bits per heavy atom. The summed E-state index contributed by atoms with van der Waals surface area (Å²) in [6.07, 6.45) is 5.82. The number of piperidine rings is 1. The smallest absolute Gasteiger partial charge is 0.224 e. The third kappa shape index (κ3) is 2.77. The zero-order valence-electron chi connectivity index (χ0n) is 12.8. The lowest BCUT2D eigenvalue weighted by molar-refractivity contribution is -0.124. The monoisotopic (exact) mass is 318 g/mol. The quantitative estimate of drug-likeness (QED) is 0.894. The molecule has 4 heteroatoms. The van der Waals surface area contributed by atoms with Gasteiger partial charge in [0.05, 0.1) is 6.04 Å². The summed E-state index contributed by atoms with van der Waals surface area (Å²) in [7, 11) is 0. The number of carbonyl (C=O) groups is 1. The molecular formula is C18H23ClN2O. The highest BCUT2D eigenvalue weighted by Gasteiger charge is 2.58. The zero-order valence-corrected chi connectivity index (χ0v) is 13.5. The molecular weight excluding hydrogens is 296 g/mol. The van der Waals surface area contributed by atoms with Crippen molar-refractivity contribution in [2.75, 3.05) is 13.1 Å². The predicted molar refractivity (Wildman–Crippen MR) is 87.7 cm³/mol. The van der Waals surface area contributed by atoms with Crippen molar-refractivity contribution in [1.82, 2.24) is 10.6 Å². The van der Waals surface area contributed by atoms with Gasteiger partial charge < -0.3 is 10.6 Å². The van der Waals surface area contributed by atoms with Gasteiger partial charge in [-0.25, -0.2) is 0 Å². The van der Waals surface area contributed by atoms with Crippen molar-refractivity contribution >= 4 is 17.5 Å². The first-order chi connectivity index (χ1) is 10.7. The van der Waals surface area contributed by atoms with Gasteiger partial charge in [0.15, 0.2) is 0 Å². The fourth-order valence-electron chi connectivity index (χ4n) is 4.02. The molecule has 2 atom stereocenters. The van der Waals surface area contributed by atoms with E-state index >= 15 is 0 Å². The van der Waals surface area contributed by atoms with Crippen LogP contribution in [0.15, 0.2) is 24.3 Å². The van der Waals surface area contributed by atoms with Gasteiger partial charge >= 0.3 is 0 Å². The van der Waals surface area contributed by atoms with Gasteiger partial charge in [-0.1, -0.05) is 23.7 Å². The first kappa shape index (κ1) is 14.5. The van der Waals surface area contributed by atoms with Crippen LogP contribution >= 0.6 is 11.6 Å². The Kier molecular flexibility index (Phi) is 3.66. The number of nitrogens with one attached hydrogen (secondary N) is 2. The summed E-state index contributed by atoms with van der Waals surface area (Å²) in [4.78, 5) is 12.7. The highest BCUT2D eigenvalue weighted by atomic mass is 35.5. The molecule has 0 bridgehead atoms. The highest BCUT2D eigenvalue weighted by Crippen LogP contribution is 2.59. The topological polar surface area (TPSA) is 41.1 Å². The van der Waals surface area contributed by atoms with Gasteiger partial charge in [-0.2, -0.15) is 0 Å². The van der Waals surface area contributed by atoms with Crippen molar-refractivity contribution in [2.24, 2.45) is 17.3 Å². The number of rotatable bonds is 4. The molecule has 4 rings (SSSR count). The average molecular weight is 319 g/mol. The van der Waals surface area contributed by atoms with Crippen LogP contribution in [0.4, 0.5) is 0 Å². The Labute approximate surface area is 136 Å². The van der Waals surface area contributed by atoms with Crippen molar-refractivity contribution in [3.63, 3.8) is 0 Å². The molecule has 2 saturated carbocycles. The second-order valence-corrected chi connectivity index (χ2v) is 7.68. The van der Waals surface area contributed by atoms with Gasteiger partial charge in [0.25, 0.3) is 0 Å². The van der Waals surface area contributed by atoms with E-state index in [0.717, 1.165) is 37.4 Å². The van der Waals surface area contributed by atoms with Gasteiger partial charge in [0.2, 0.25) is 5.91 Å². The third-order valence-corrected chi connectivity index (χ3v) is 5.98. The highest BCUT2D eigenvalue weighted by molar-refractivity contribution is 6.30. The number of benzene rings is 1. The minimum atomic E-state index is 0.170. The van der Waals surface area contributed by atoms with Crippen molar-refractivity contribution in [3.8, 4) is 0 Å². The van der Waals surface area contributed by atoms with E-state index < -0.39 is 0 Å². The molecule has 0 radical (unpaired) electrons. The van der Waals surface area contributed by atoms with E-state index in [9.17, 15) is 4.79 Å². The maximum absolute atomic E-state index is 12.7. The van der Waals surface area contributed by atoms with Gasteiger partial charge in [-0.05, 0) is 74.2 Å².